The molecule has 3 heteroatoms. The predicted octanol–water partition coefficient (Wildman–Crippen LogP) is 1.96. The molecule has 1 N–H and O–H groups in total. The van der Waals surface area contributed by atoms with Crippen LogP contribution in [0.5, 0.6) is 0 Å². The number of hydrogen-bond acceptors (Lipinski definition) is 3. The first-order valence-electron chi connectivity index (χ1n) is 6.76. The van der Waals surface area contributed by atoms with Gasteiger partial charge in [0.25, 0.3) is 0 Å². The van der Waals surface area contributed by atoms with Gasteiger partial charge in [-0.1, -0.05) is 18.8 Å². The van der Waals surface area contributed by atoms with Gasteiger partial charge in [-0.2, -0.15) is 0 Å². The summed E-state index contributed by atoms with van der Waals surface area (Å²) in [6.45, 7) is 5.92. The zero-order valence-electron chi connectivity index (χ0n) is 10.9. The maximum absolute atomic E-state index is 5.28. The molecule has 0 bridgehead atoms. The number of rotatable bonds is 4. The molecule has 0 aromatic rings. The van der Waals surface area contributed by atoms with Gasteiger partial charge in [0.2, 0.25) is 0 Å². The molecule has 1 aliphatic heterocycles. The lowest BCUT2D eigenvalue weighted by molar-refractivity contribution is 0.0955. The summed E-state index contributed by atoms with van der Waals surface area (Å²) >= 11 is 1.88. The van der Waals surface area contributed by atoms with Gasteiger partial charge in [0.15, 0.2) is 0 Å². The average molecular weight is 252 g/mol. The summed E-state index contributed by atoms with van der Waals surface area (Å²) in [4.78, 5) is 2.66. The van der Waals surface area contributed by atoms with Gasteiger partial charge in [0.1, 0.15) is 0 Å². The fourth-order valence-electron chi connectivity index (χ4n) is 3.09. The first kappa shape index (κ1) is 13.3. The van der Waals surface area contributed by atoms with Crippen LogP contribution in [0, 0.1) is 12.3 Å². The lowest BCUT2D eigenvalue weighted by Crippen LogP contribution is -2.62. The van der Waals surface area contributed by atoms with Crippen molar-refractivity contribution in [3.8, 4) is 12.3 Å². The Morgan fingerprint density at radius 2 is 2.24 bits per heavy atom. The van der Waals surface area contributed by atoms with E-state index >= 15 is 0 Å². The Balaban J connectivity index is 1.80. The summed E-state index contributed by atoms with van der Waals surface area (Å²) in [6.07, 6.45) is 10.8. The first-order valence-corrected chi connectivity index (χ1v) is 7.91. The highest BCUT2D eigenvalue weighted by atomic mass is 32.2. The van der Waals surface area contributed by atoms with Crippen LogP contribution < -0.4 is 5.32 Å². The van der Waals surface area contributed by atoms with Gasteiger partial charge in [0, 0.05) is 37.0 Å². The van der Waals surface area contributed by atoms with Crippen LogP contribution in [-0.4, -0.2) is 47.6 Å². The highest BCUT2D eigenvalue weighted by molar-refractivity contribution is 7.99. The van der Waals surface area contributed by atoms with Gasteiger partial charge in [-0.3, -0.25) is 4.90 Å². The summed E-state index contributed by atoms with van der Waals surface area (Å²) in [5.41, 5.74) is 0.448. The lowest BCUT2D eigenvalue weighted by atomic mass is 9.93. The standard InChI is InChI=1S/C14H24N2S/c1-3-9-17-10-8-16-12-14(6-4-5-7-14)15-11-13(16)2/h1,13,15H,4-12H2,2H3. The van der Waals surface area contributed by atoms with Crippen molar-refractivity contribution >= 4 is 11.8 Å². The molecule has 96 valence electrons. The normalized spacial score (nSPS) is 28.4. The van der Waals surface area contributed by atoms with Gasteiger partial charge in [0.05, 0.1) is 5.75 Å². The van der Waals surface area contributed by atoms with E-state index in [1.807, 2.05) is 11.8 Å². The van der Waals surface area contributed by atoms with E-state index in [4.69, 9.17) is 6.42 Å². The molecular formula is C14H24N2S. The lowest BCUT2D eigenvalue weighted by Gasteiger charge is -2.45. The van der Waals surface area contributed by atoms with Crippen molar-refractivity contribution in [2.75, 3.05) is 31.1 Å². The molecule has 2 fully saturated rings. The van der Waals surface area contributed by atoms with Crippen LogP contribution in [0.2, 0.25) is 0 Å². The molecule has 1 atom stereocenters. The second-order valence-electron chi connectivity index (χ2n) is 5.44. The number of nitrogens with one attached hydrogen (secondary N) is 1. The number of nitrogens with zero attached hydrogens (tertiary/aromatic N) is 1. The molecule has 1 aliphatic carbocycles. The van der Waals surface area contributed by atoms with Crippen molar-refractivity contribution in [1.82, 2.24) is 10.2 Å². The van der Waals surface area contributed by atoms with Crippen molar-refractivity contribution < 1.29 is 0 Å². The SMILES string of the molecule is C#CCSCCN1CC2(CCCC2)NCC1C. The smallest absolute Gasteiger partial charge is 0.0545 e. The van der Waals surface area contributed by atoms with E-state index in [1.165, 1.54) is 44.5 Å². The highest BCUT2D eigenvalue weighted by Crippen LogP contribution is 2.33. The summed E-state index contributed by atoms with van der Waals surface area (Å²) in [6, 6.07) is 0.674. The van der Waals surface area contributed by atoms with Crippen molar-refractivity contribution in [3.63, 3.8) is 0 Å². The molecule has 1 saturated heterocycles. The molecule has 1 unspecified atom stereocenters. The average Bonchev–Trinajstić information content (AvgIpc) is 2.78. The zero-order valence-corrected chi connectivity index (χ0v) is 11.7. The third-order valence-electron chi connectivity index (χ3n) is 4.17. The van der Waals surface area contributed by atoms with E-state index in [0.29, 0.717) is 11.6 Å². The van der Waals surface area contributed by atoms with Gasteiger partial charge in [-0.05, 0) is 19.8 Å². The monoisotopic (exact) mass is 252 g/mol. The van der Waals surface area contributed by atoms with Crippen LogP contribution in [-0.2, 0) is 0 Å². The van der Waals surface area contributed by atoms with E-state index in [2.05, 4.69) is 23.1 Å². The van der Waals surface area contributed by atoms with Crippen molar-refractivity contribution in [1.29, 1.82) is 0 Å². The van der Waals surface area contributed by atoms with Crippen molar-refractivity contribution in [3.05, 3.63) is 0 Å². The summed E-state index contributed by atoms with van der Waals surface area (Å²) in [5, 5.41) is 3.79. The molecule has 1 spiro atoms. The van der Waals surface area contributed by atoms with Crippen molar-refractivity contribution in [2.45, 2.75) is 44.2 Å². The molecule has 1 saturated carbocycles. The number of terminal acetylenes is 1. The first-order chi connectivity index (χ1) is 8.26. The Kier molecular flexibility index (Phi) is 4.78. The molecule has 1 heterocycles. The fourth-order valence-corrected chi connectivity index (χ4v) is 3.72. The molecule has 2 rings (SSSR count). The molecule has 0 radical (unpaired) electrons. The molecule has 0 amide bonds. The minimum atomic E-state index is 0.448. The van der Waals surface area contributed by atoms with E-state index in [0.717, 1.165) is 12.3 Å². The Morgan fingerprint density at radius 3 is 2.94 bits per heavy atom. The third kappa shape index (κ3) is 3.40. The van der Waals surface area contributed by atoms with Crippen LogP contribution >= 0.6 is 11.8 Å². The second kappa shape index (κ2) is 6.13. The van der Waals surface area contributed by atoms with Crippen LogP contribution in [0.3, 0.4) is 0 Å². The molecular weight excluding hydrogens is 228 g/mol. The molecule has 2 aliphatic rings. The number of thioether (sulfide) groups is 1. The molecule has 0 aromatic heterocycles. The van der Waals surface area contributed by atoms with Crippen molar-refractivity contribution in [2.24, 2.45) is 0 Å². The molecule has 2 nitrogen and oxygen atoms in total. The quantitative estimate of drug-likeness (QED) is 0.608. The molecule has 0 aromatic carbocycles. The number of piperazine rings is 1. The van der Waals surface area contributed by atoms with Gasteiger partial charge in [-0.15, -0.1) is 18.2 Å². The summed E-state index contributed by atoms with van der Waals surface area (Å²) in [5.74, 6) is 4.72. The maximum Gasteiger partial charge on any atom is 0.0545 e. The Hall–Kier alpha value is -0.170. The Labute approximate surface area is 110 Å². The minimum absolute atomic E-state index is 0.448. The van der Waals surface area contributed by atoms with E-state index in [-0.39, 0.29) is 0 Å². The third-order valence-corrected chi connectivity index (χ3v) is 5.01. The van der Waals surface area contributed by atoms with Gasteiger partial charge >= 0.3 is 0 Å². The van der Waals surface area contributed by atoms with Crippen LogP contribution in [0.15, 0.2) is 0 Å². The van der Waals surface area contributed by atoms with E-state index in [1.54, 1.807) is 0 Å². The van der Waals surface area contributed by atoms with Crippen LogP contribution in [0.4, 0.5) is 0 Å². The highest BCUT2D eigenvalue weighted by Gasteiger charge is 2.39. The van der Waals surface area contributed by atoms with Gasteiger partial charge < -0.3 is 5.32 Å². The largest absolute Gasteiger partial charge is 0.308 e. The topological polar surface area (TPSA) is 15.3 Å². The van der Waals surface area contributed by atoms with Crippen LogP contribution in [0.1, 0.15) is 32.6 Å². The van der Waals surface area contributed by atoms with E-state index in [9.17, 15) is 0 Å². The van der Waals surface area contributed by atoms with Crippen LogP contribution in [0.25, 0.3) is 0 Å². The Morgan fingerprint density at radius 1 is 1.47 bits per heavy atom. The summed E-state index contributed by atoms with van der Waals surface area (Å²) < 4.78 is 0. The zero-order chi connectivity index (χ0) is 12.1. The summed E-state index contributed by atoms with van der Waals surface area (Å²) in [7, 11) is 0. The molecule has 17 heavy (non-hydrogen) atoms. The van der Waals surface area contributed by atoms with Gasteiger partial charge in [-0.25, -0.2) is 0 Å². The maximum atomic E-state index is 5.28. The predicted molar refractivity (Wildman–Crippen MR) is 76.4 cm³/mol. The van der Waals surface area contributed by atoms with E-state index < -0.39 is 0 Å². The fraction of sp³-hybridized carbons (Fsp3) is 0.857. The number of hydrogen-bond donors (Lipinski definition) is 1. The minimum Gasteiger partial charge on any atom is -0.308 e. The Bertz CT molecular complexity index is 278. The second-order valence-corrected chi connectivity index (χ2v) is 6.55.